The number of nitrogens with one attached hydrogen (secondary N) is 1. The molecular formula is C18H25N3O. The lowest BCUT2D eigenvalue weighted by Crippen LogP contribution is -2.16. The van der Waals surface area contributed by atoms with Gasteiger partial charge in [0.15, 0.2) is 0 Å². The van der Waals surface area contributed by atoms with Crippen LogP contribution in [0.1, 0.15) is 42.9 Å². The van der Waals surface area contributed by atoms with Crippen LogP contribution in [0.5, 0.6) is 5.75 Å². The van der Waals surface area contributed by atoms with E-state index in [1.54, 1.807) is 7.11 Å². The predicted molar refractivity (Wildman–Crippen MR) is 88.1 cm³/mol. The number of rotatable bonds is 7. The van der Waals surface area contributed by atoms with Gasteiger partial charge in [-0.05, 0) is 43.5 Å². The Labute approximate surface area is 132 Å². The molecule has 3 rings (SSSR count). The van der Waals surface area contributed by atoms with Crippen LogP contribution < -0.4 is 10.1 Å². The lowest BCUT2D eigenvalue weighted by molar-refractivity contribution is 0.414. The van der Waals surface area contributed by atoms with E-state index < -0.39 is 0 Å². The van der Waals surface area contributed by atoms with E-state index in [4.69, 9.17) is 4.74 Å². The molecule has 1 aromatic heterocycles. The zero-order chi connectivity index (χ0) is 15.2. The van der Waals surface area contributed by atoms with Crippen LogP contribution >= 0.6 is 0 Å². The third-order valence-electron chi connectivity index (χ3n) is 4.41. The average Bonchev–Trinajstić information content (AvgIpc) is 3.23. The molecule has 4 heteroatoms. The highest BCUT2D eigenvalue weighted by Crippen LogP contribution is 2.28. The Kier molecular flexibility index (Phi) is 5.11. The molecule has 1 aromatic carbocycles. The standard InChI is InChI=1S/C18H25N3O/c1-22-18-8-4-5-15(11-18)9-10-19-12-16-13-20-21(14-16)17-6-2-3-7-17/h4-5,8,11,13-14,17,19H,2-3,6-7,9-10,12H2,1H3. The van der Waals surface area contributed by atoms with Crippen molar-refractivity contribution in [1.29, 1.82) is 0 Å². The van der Waals surface area contributed by atoms with Crippen molar-refractivity contribution in [3.63, 3.8) is 0 Å². The van der Waals surface area contributed by atoms with E-state index >= 15 is 0 Å². The van der Waals surface area contributed by atoms with Crippen molar-refractivity contribution in [2.24, 2.45) is 0 Å². The molecule has 0 aliphatic heterocycles. The molecule has 22 heavy (non-hydrogen) atoms. The van der Waals surface area contributed by atoms with E-state index in [-0.39, 0.29) is 0 Å². The van der Waals surface area contributed by atoms with E-state index in [1.165, 1.54) is 36.8 Å². The minimum absolute atomic E-state index is 0.630. The Hall–Kier alpha value is -1.81. The van der Waals surface area contributed by atoms with Gasteiger partial charge in [-0.3, -0.25) is 4.68 Å². The van der Waals surface area contributed by atoms with Crippen LogP contribution in [0.3, 0.4) is 0 Å². The van der Waals surface area contributed by atoms with Gasteiger partial charge in [-0.2, -0.15) is 5.10 Å². The Morgan fingerprint density at radius 2 is 2.14 bits per heavy atom. The number of hydrogen-bond acceptors (Lipinski definition) is 3. The second-order valence-corrected chi connectivity index (χ2v) is 6.05. The quantitative estimate of drug-likeness (QED) is 0.797. The van der Waals surface area contributed by atoms with Gasteiger partial charge in [-0.15, -0.1) is 0 Å². The molecule has 1 heterocycles. The van der Waals surface area contributed by atoms with Crippen molar-refractivity contribution in [2.45, 2.75) is 44.7 Å². The fourth-order valence-corrected chi connectivity index (χ4v) is 3.13. The SMILES string of the molecule is COc1cccc(CCNCc2cnn(C3CCCC3)c2)c1. The minimum Gasteiger partial charge on any atom is -0.497 e. The van der Waals surface area contributed by atoms with Crippen LogP contribution in [0.25, 0.3) is 0 Å². The molecule has 1 fully saturated rings. The summed E-state index contributed by atoms with van der Waals surface area (Å²) in [5.41, 5.74) is 2.58. The number of aromatic nitrogens is 2. The Balaban J connectivity index is 1.43. The Morgan fingerprint density at radius 1 is 1.27 bits per heavy atom. The predicted octanol–water partition coefficient (Wildman–Crippen LogP) is 3.34. The average molecular weight is 299 g/mol. The van der Waals surface area contributed by atoms with Gasteiger partial charge < -0.3 is 10.1 Å². The van der Waals surface area contributed by atoms with Crippen molar-refractivity contribution in [1.82, 2.24) is 15.1 Å². The third-order valence-corrected chi connectivity index (χ3v) is 4.41. The van der Waals surface area contributed by atoms with Gasteiger partial charge in [0.25, 0.3) is 0 Å². The zero-order valence-electron chi connectivity index (χ0n) is 13.3. The Morgan fingerprint density at radius 3 is 2.95 bits per heavy atom. The molecule has 0 spiro atoms. The first-order valence-corrected chi connectivity index (χ1v) is 8.22. The van der Waals surface area contributed by atoms with Crippen LogP contribution in [0.2, 0.25) is 0 Å². The second-order valence-electron chi connectivity index (χ2n) is 6.05. The largest absolute Gasteiger partial charge is 0.497 e. The molecule has 2 aromatic rings. The molecule has 0 saturated heterocycles. The van der Waals surface area contributed by atoms with E-state index in [1.807, 2.05) is 18.3 Å². The summed E-state index contributed by atoms with van der Waals surface area (Å²) in [5, 5.41) is 8.02. The van der Waals surface area contributed by atoms with E-state index in [0.29, 0.717) is 6.04 Å². The maximum absolute atomic E-state index is 5.25. The topological polar surface area (TPSA) is 39.1 Å². The monoisotopic (exact) mass is 299 g/mol. The van der Waals surface area contributed by atoms with Crippen LogP contribution in [0.15, 0.2) is 36.7 Å². The number of nitrogens with zero attached hydrogens (tertiary/aromatic N) is 2. The molecule has 0 amide bonds. The summed E-state index contributed by atoms with van der Waals surface area (Å²) in [5.74, 6) is 0.926. The first-order valence-electron chi connectivity index (χ1n) is 8.22. The minimum atomic E-state index is 0.630. The Bertz CT molecular complexity index is 588. The number of hydrogen-bond donors (Lipinski definition) is 1. The highest BCUT2D eigenvalue weighted by molar-refractivity contribution is 5.28. The highest BCUT2D eigenvalue weighted by Gasteiger charge is 2.17. The summed E-state index contributed by atoms with van der Waals surface area (Å²) in [6.45, 7) is 1.85. The number of methoxy groups -OCH3 is 1. The summed E-state index contributed by atoms with van der Waals surface area (Å²) >= 11 is 0. The molecule has 0 radical (unpaired) electrons. The summed E-state index contributed by atoms with van der Waals surface area (Å²) in [6.07, 6.45) is 10.5. The fourth-order valence-electron chi connectivity index (χ4n) is 3.13. The molecule has 1 N–H and O–H groups in total. The van der Waals surface area contributed by atoms with Gasteiger partial charge >= 0.3 is 0 Å². The number of ether oxygens (including phenoxy) is 1. The van der Waals surface area contributed by atoms with Crippen molar-refractivity contribution in [3.05, 3.63) is 47.8 Å². The third kappa shape index (κ3) is 3.89. The summed E-state index contributed by atoms with van der Waals surface area (Å²) in [6, 6.07) is 8.89. The van der Waals surface area contributed by atoms with Gasteiger partial charge in [-0.25, -0.2) is 0 Å². The molecule has 1 aliphatic rings. The van der Waals surface area contributed by atoms with Crippen LogP contribution in [0, 0.1) is 0 Å². The van der Waals surface area contributed by atoms with Crippen LogP contribution in [-0.2, 0) is 13.0 Å². The van der Waals surface area contributed by atoms with Crippen molar-refractivity contribution in [3.8, 4) is 5.75 Å². The smallest absolute Gasteiger partial charge is 0.119 e. The molecule has 0 unspecified atom stereocenters. The van der Waals surface area contributed by atoms with Crippen molar-refractivity contribution < 1.29 is 4.74 Å². The normalized spacial score (nSPS) is 15.3. The zero-order valence-corrected chi connectivity index (χ0v) is 13.3. The molecule has 1 saturated carbocycles. The molecular weight excluding hydrogens is 274 g/mol. The lowest BCUT2D eigenvalue weighted by atomic mass is 10.1. The fraction of sp³-hybridized carbons (Fsp3) is 0.500. The molecule has 1 aliphatic carbocycles. The van der Waals surface area contributed by atoms with Gasteiger partial charge in [0.1, 0.15) is 5.75 Å². The maximum atomic E-state index is 5.25. The highest BCUT2D eigenvalue weighted by atomic mass is 16.5. The number of benzene rings is 1. The van der Waals surface area contributed by atoms with E-state index in [9.17, 15) is 0 Å². The van der Waals surface area contributed by atoms with Gasteiger partial charge in [0.2, 0.25) is 0 Å². The van der Waals surface area contributed by atoms with Crippen molar-refractivity contribution in [2.75, 3.05) is 13.7 Å². The van der Waals surface area contributed by atoms with E-state index in [0.717, 1.165) is 25.3 Å². The summed E-state index contributed by atoms with van der Waals surface area (Å²) in [4.78, 5) is 0. The molecule has 118 valence electrons. The van der Waals surface area contributed by atoms with Gasteiger partial charge in [-0.1, -0.05) is 25.0 Å². The second kappa shape index (κ2) is 7.45. The van der Waals surface area contributed by atoms with E-state index in [2.05, 4.69) is 33.4 Å². The first kappa shape index (κ1) is 15.1. The van der Waals surface area contributed by atoms with Crippen LogP contribution in [-0.4, -0.2) is 23.4 Å². The van der Waals surface area contributed by atoms with Crippen LogP contribution in [0.4, 0.5) is 0 Å². The summed E-state index contributed by atoms with van der Waals surface area (Å²) < 4.78 is 7.41. The molecule has 0 atom stereocenters. The molecule has 4 nitrogen and oxygen atoms in total. The van der Waals surface area contributed by atoms with Gasteiger partial charge in [0, 0.05) is 18.3 Å². The lowest BCUT2D eigenvalue weighted by Gasteiger charge is -2.08. The molecule has 0 bridgehead atoms. The maximum Gasteiger partial charge on any atom is 0.119 e. The first-order chi connectivity index (χ1) is 10.8. The van der Waals surface area contributed by atoms with Gasteiger partial charge in [0.05, 0.1) is 19.3 Å². The summed E-state index contributed by atoms with van der Waals surface area (Å²) in [7, 11) is 1.71. The van der Waals surface area contributed by atoms with Crippen molar-refractivity contribution >= 4 is 0 Å².